The van der Waals surface area contributed by atoms with Gasteiger partial charge in [0, 0.05) is 6.54 Å². The summed E-state index contributed by atoms with van der Waals surface area (Å²) in [5.74, 6) is -0.352. The second-order valence-corrected chi connectivity index (χ2v) is 5.06. The number of nitrogens with two attached hydrogens (primary N) is 1. The summed E-state index contributed by atoms with van der Waals surface area (Å²) in [6, 6.07) is 15.6. The fourth-order valence-electron chi connectivity index (χ4n) is 2.25. The fraction of sp³-hybridized carbons (Fsp3) is 0.235. The van der Waals surface area contributed by atoms with Crippen molar-refractivity contribution in [1.29, 1.82) is 0 Å². The highest BCUT2D eigenvalue weighted by atomic mass is 16.1. The van der Waals surface area contributed by atoms with Crippen LogP contribution >= 0.6 is 0 Å². The number of aryl methyl sites for hydroxylation is 2. The Morgan fingerprint density at radius 1 is 1.15 bits per heavy atom. The molecule has 0 saturated heterocycles. The van der Waals surface area contributed by atoms with E-state index in [1.165, 1.54) is 0 Å². The van der Waals surface area contributed by atoms with Gasteiger partial charge in [0.15, 0.2) is 0 Å². The molecule has 0 aliphatic rings. The van der Waals surface area contributed by atoms with Crippen LogP contribution in [0.1, 0.15) is 28.3 Å². The number of hydrogen-bond acceptors (Lipinski definition) is 2. The number of amides is 1. The van der Waals surface area contributed by atoms with E-state index in [0.717, 1.165) is 22.3 Å². The number of benzene rings is 2. The molecule has 0 saturated carbocycles. The van der Waals surface area contributed by atoms with Gasteiger partial charge in [0.1, 0.15) is 6.04 Å². The summed E-state index contributed by atoms with van der Waals surface area (Å²) < 4.78 is 0. The van der Waals surface area contributed by atoms with Crippen molar-refractivity contribution in [2.75, 3.05) is 0 Å². The normalized spacial score (nSPS) is 12.1. The van der Waals surface area contributed by atoms with E-state index in [0.29, 0.717) is 6.54 Å². The van der Waals surface area contributed by atoms with Crippen LogP contribution in [0.3, 0.4) is 0 Å². The highest BCUT2D eigenvalue weighted by Gasteiger charge is 2.19. The first-order chi connectivity index (χ1) is 9.58. The molecule has 0 aromatic heterocycles. The minimum absolute atomic E-state index is 0.352. The zero-order valence-corrected chi connectivity index (χ0v) is 11.9. The molecule has 2 aromatic carbocycles. The van der Waals surface area contributed by atoms with E-state index in [4.69, 9.17) is 5.73 Å². The highest BCUT2D eigenvalue weighted by molar-refractivity contribution is 5.82. The van der Waals surface area contributed by atoms with Crippen LogP contribution in [0.4, 0.5) is 0 Å². The minimum atomic E-state index is -0.463. The number of rotatable bonds is 5. The molecule has 20 heavy (non-hydrogen) atoms. The third-order valence-corrected chi connectivity index (χ3v) is 3.38. The van der Waals surface area contributed by atoms with E-state index in [1.54, 1.807) is 0 Å². The number of carbonyl (C=O) groups is 1. The Labute approximate surface area is 119 Å². The average molecular weight is 268 g/mol. The van der Waals surface area contributed by atoms with Crippen molar-refractivity contribution in [3.63, 3.8) is 0 Å². The van der Waals surface area contributed by atoms with Crippen molar-refractivity contribution >= 4 is 5.91 Å². The van der Waals surface area contributed by atoms with E-state index in [2.05, 4.69) is 5.32 Å². The molecule has 104 valence electrons. The first-order valence-corrected chi connectivity index (χ1v) is 6.71. The molecule has 0 bridgehead atoms. The third-order valence-electron chi connectivity index (χ3n) is 3.38. The molecule has 0 radical (unpaired) electrons. The van der Waals surface area contributed by atoms with E-state index < -0.39 is 6.04 Å². The number of nitrogens with one attached hydrogen (secondary N) is 1. The van der Waals surface area contributed by atoms with Crippen LogP contribution in [0.2, 0.25) is 0 Å². The Morgan fingerprint density at radius 3 is 2.50 bits per heavy atom. The lowest BCUT2D eigenvalue weighted by Crippen LogP contribution is -2.33. The van der Waals surface area contributed by atoms with Crippen LogP contribution in [0, 0.1) is 13.8 Å². The Bertz CT molecular complexity index is 593. The van der Waals surface area contributed by atoms with Crippen LogP contribution in [0.15, 0.2) is 48.5 Å². The Morgan fingerprint density at radius 2 is 1.85 bits per heavy atom. The molecule has 3 N–H and O–H groups in total. The zero-order chi connectivity index (χ0) is 14.5. The molecule has 1 amide bonds. The summed E-state index contributed by atoms with van der Waals surface area (Å²) in [5.41, 5.74) is 9.82. The molecule has 2 aromatic rings. The molecule has 0 aliphatic heterocycles. The summed E-state index contributed by atoms with van der Waals surface area (Å²) in [5, 5.41) is 3.25. The molecule has 2 rings (SSSR count). The lowest BCUT2D eigenvalue weighted by molar-refractivity contribution is -0.120. The Hall–Kier alpha value is -2.13. The number of hydrogen-bond donors (Lipinski definition) is 2. The second-order valence-electron chi connectivity index (χ2n) is 5.06. The first-order valence-electron chi connectivity index (χ1n) is 6.71. The van der Waals surface area contributed by atoms with Gasteiger partial charge in [-0.2, -0.15) is 0 Å². The summed E-state index contributed by atoms with van der Waals surface area (Å²) in [6.07, 6.45) is 0. The van der Waals surface area contributed by atoms with Gasteiger partial charge in [-0.1, -0.05) is 54.1 Å². The van der Waals surface area contributed by atoms with Crippen LogP contribution in [0.25, 0.3) is 0 Å². The predicted molar refractivity (Wildman–Crippen MR) is 81.1 cm³/mol. The van der Waals surface area contributed by atoms with E-state index in [-0.39, 0.29) is 5.91 Å². The predicted octanol–water partition coefficient (Wildman–Crippen LogP) is 2.62. The number of carbonyl (C=O) groups excluding carboxylic acids is 1. The molecule has 0 fully saturated rings. The molecule has 1 unspecified atom stereocenters. The summed E-state index contributed by atoms with van der Waals surface area (Å²) in [4.78, 5) is 11.7. The van der Waals surface area contributed by atoms with Gasteiger partial charge in [0.25, 0.3) is 0 Å². The van der Waals surface area contributed by atoms with Gasteiger partial charge in [-0.3, -0.25) is 10.1 Å². The SMILES string of the molecule is Cc1ccc(C)c(C(NCc2ccccc2)C(N)=O)c1. The first kappa shape index (κ1) is 14.3. The smallest absolute Gasteiger partial charge is 0.239 e. The lowest BCUT2D eigenvalue weighted by Gasteiger charge is -2.18. The third kappa shape index (κ3) is 3.45. The van der Waals surface area contributed by atoms with Crippen molar-refractivity contribution in [3.8, 4) is 0 Å². The standard InChI is InChI=1S/C17H20N2O/c1-12-8-9-13(2)15(10-12)16(17(18)20)19-11-14-6-4-3-5-7-14/h3-10,16,19H,11H2,1-2H3,(H2,18,20). The number of primary amides is 1. The largest absolute Gasteiger partial charge is 0.368 e. The Balaban J connectivity index is 2.19. The van der Waals surface area contributed by atoms with E-state index in [9.17, 15) is 4.79 Å². The monoisotopic (exact) mass is 268 g/mol. The van der Waals surface area contributed by atoms with E-state index in [1.807, 2.05) is 62.4 Å². The average Bonchev–Trinajstić information content (AvgIpc) is 2.43. The molecular weight excluding hydrogens is 248 g/mol. The molecule has 3 heteroatoms. The lowest BCUT2D eigenvalue weighted by atomic mass is 9.98. The maximum atomic E-state index is 11.7. The van der Waals surface area contributed by atoms with Gasteiger partial charge < -0.3 is 5.73 Å². The van der Waals surface area contributed by atoms with Crippen molar-refractivity contribution in [2.24, 2.45) is 5.73 Å². The second kappa shape index (κ2) is 6.35. The highest BCUT2D eigenvalue weighted by Crippen LogP contribution is 2.19. The van der Waals surface area contributed by atoms with Crippen LogP contribution < -0.4 is 11.1 Å². The molecule has 0 aliphatic carbocycles. The van der Waals surface area contributed by atoms with Crippen molar-refractivity contribution in [2.45, 2.75) is 26.4 Å². The van der Waals surface area contributed by atoms with Gasteiger partial charge in [-0.15, -0.1) is 0 Å². The zero-order valence-electron chi connectivity index (χ0n) is 11.9. The van der Waals surface area contributed by atoms with Crippen LogP contribution in [0.5, 0.6) is 0 Å². The Kier molecular flexibility index (Phi) is 4.53. The van der Waals surface area contributed by atoms with Gasteiger partial charge in [0.05, 0.1) is 0 Å². The maximum absolute atomic E-state index is 11.7. The van der Waals surface area contributed by atoms with Crippen molar-refractivity contribution in [1.82, 2.24) is 5.32 Å². The maximum Gasteiger partial charge on any atom is 0.239 e. The van der Waals surface area contributed by atoms with Crippen LogP contribution in [-0.4, -0.2) is 5.91 Å². The van der Waals surface area contributed by atoms with Crippen molar-refractivity contribution in [3.05, 3.63) is 70.8 Å². The van der Waals surface area contributed by atoms with Crippen LogP contribution in [-0.2, 0) is 11.3 Å². The van der Waals surface area contributed by atoms with Gasteiger partial charge in [-0.25, -0.2) is 0 Å². The fourth-order valence-corrected chi connectivity index (χ4v) is 2.25. The summed E-state index contributed by atoms with van der Waals surface area (Å²) >= 11 is 0. The molecule has 3 nitrogen and oxygen atoms in total. The summed E-state index contributed by atoms with van der Waals surface area (Å²) in [6.45, 7) is 4.62. The minimum Gasteiger partial charge on any atom is -0.368 e. The summed E-state index contributed by atoms with van der Waals surface area (Å²) in [7, 11) is 0. The van der Waals surface area contributed by atoms with Crippen molar-refractivity contribution < 1.29 is 4.79 Å². The van der Waals surface area contributed by atoms with Gasteiger partial charge >= 0.3 is 0 Å². The molecule has 0 spiro atoms. The van der Waals surface area contributed by atoms with Gasteiger partial charge in [-0.05, 0) is 30.5 Å². The topological polar surface area (TPSA) is 55.1 Å². The van der Waals surface area contributed by atoms with Gasteiger partial charge in [0.2, 0.25) is 5.91 Å². The molecular formula is C17H20N2O. The quantitative estimate of drug-likeness (QED) is 0.875. The molecule has 0 heterocycles. The molecule has 1 atom stereocenters. The van der Waals surface area contributed by atoms with E-state index >= 15 is 0 Å².